The number of rotatable bonds is 2. The van der Waals surface area contributed by atoms with Crippen LogP contribution in [0.25, 0.3) is 0 Å². The Morgan fingerprint density at radius 2 is 0.739 bits per heavy atom. The summed E-state index contributed by atoms with van der Waals surface area (Å²) in [4.78, 5) is 0. The van der Waals surface area contributed by atoms with Gasteiger partial charge in [-0.25, -0.2) is 0 Å². The predicted molar refractivity (Wildman–Crippen MR) is 72.7 cm³/mol. The summed E-state index contributed by atoms with van der Waals surface area (Å²) in [5.41, 5.74) is 5.69. The topological polar surface area (TPSA) is 220 Å². The molecule has 0 aromatic carbocycles. The molecule has 136 valence electrons. The summed E-state index contributed by atoms with van der Waals surface area (Å²) in [6, 6.07) is -3.96. The van der Waals surface area contributed by atoms with Gasteiger partial charge in [-0.1, -0.05) is 0 Å². The molecule has 0 aromatic rings. The number of hydrogen-bond acceptors (Lipinski definition) is 11. The van der Waals surface area contributed by atoms with Gasteiger partial charge in [-0.05, 0) is 0 Å². The summed E-state index contributed by atoms with van der Waals surface area (Å²) in [6.45, 7) is 0. The fraction of sp³-hybridized carbons (Fsp3) is 1.00. The van der Waals surface area contributed by atoms with Gasteiger partial charge < -0.3 is 57.0 Å². The first-order chi connectivity index (χ1) is 10.6. The summed E-state index contributed by atoms with van der Waals surface area (Å²) < 4.78 is 0. The zero-order valence-corrected chi connectivity index (χ0v) is 12.0. The van der Waals surface area contributed by atoms with E-state index in [0.717, 1.165) is 0 Å². The molecule has 11 heteroatoms. The van der Waals surface area contributed by atoms with Gasteiger partial charge >= 0.3 is 0 Å². The van der Waals surface area contributed by atoms with Gasteiger partial charge in [0.2, 0.25) is 0 Å². The van der Waals surface area contributed by atoms with Crippen molar-refractivity contribution in [2.24, 2.45) is 5.73 Å². The average molecular weight is 340 g/mol. The van der Waals surface area contributed by atoms with E-state index in [1.54, 1.807) is 0 Å². The zero-order chi connectivity index (χ0) is 17.6. The van der Waals surface area contributed by atoms with Crippen LogP contribution in [0, 0.1) is 0 Å². The van der Waals surface area contributed by atoms with Crippen molar-refractivity contribution in [1.29, 1.82) is 0 Å². The van der Waals surface area contributed by atoms with E-state index in [2.05, 4.69) is 5.32 Å². The molecule has 2 fully saturated rings. The molecule has 2 aliphatic carbocycles. The van der Waals surface area contributed by atoms with Crippen LogP contribution >= 0.6 is 0 Å². The SMILES string of the molecule is N[C@H]1[C@H](O)[C@H](O)[C@@H](O)[C@@H](O)[C@@H]1NC1[C@@H](O)[C@H](O)C(O)[C@@H](O)[C@H]1O. The Bertz CT molecular complexity index is 348. The summed E-state index contributed by atoms with van der Waals surface area (Å²) in [5, 5.41) is 90.2. The molecule has 12 atom stereocenters. The average Bonchev–Trinajstić information content (AvgIpc) is 2.54. The molecule has 0 spiro atoms. The Hall–Kier alpha value is -0.440. The second-order valence-corrected chi connectivity index (χ2v) is 6.21. The maximum atomic E-state index is 9.98. The van der Waals surface area contributed by atoms with Crippen LogP contribution in [-0.4, -0.2) is 119 Å². The lowest BCUT2D eigenvalue weighted by Gasteiger charge is -2.48. The van der Waals surface area contributed by atoms with Gasteiger partial charge in [0.15, 0.2) is 0 Å². The van der Waals surface area contributed by atoms with E-state index in [0.29, 0.717) is 0 Å². The Balaban J connectivity index is 2.19. The molecule has 0 bridgehead atoms. The van der Waals surface area contributed by atoms with E-state index in [9.17, 15) is 46.0 Å². The highest BCUT2D eigenvalue weighted by Crippen LogP contribution is 2.25. The lowest BCUT2D eigenvalue weighted by atomic mass is 9.78. The van der Waals surface area contributed by atoms with Crippen molar-refractivity contribution in [3.8, 4) is 0 Å². The molecular formula is C12H24N2O9. The smallest absolute Gasteiger partial charge is 0.111 e. The maximum Gasteiger partial charge on any atom is 0.111 e. The Morgan fingerprint density at radius 1 is 0.435 bits per heavy atom. The lowest BCUT2D eigenvalue weighted by Crippen LogP contribution is -2.75. The van der Waals surface area contributed by atoms with Crippen LogP contribution in [0.1, 0.15) is 0 Å². The highest BCUT2D eigenvalue weighted by atomic mass is 16.4. The highest BCUT2D eigenvalue weighted by molar-refractivity contribution is 5.09. The molecule has 2 rings (SSSR count). The van der Waals surface area contributed by atoms with Crippen LogP contribution in [-0.2, 0) is 0 Å². The minimum atomic E-state index is -1.78. The van der Waals surface area contributed by atoms with Crippen LogP contribution < -0.4 is 11.1 Å². The van der Waals surface area contributed by atoms with Crippen molar-refractivity contribution in [2.45, 2.75) is 73.1 Å². The van der Waals surface area contributed by atoms with Crippen molar-refractivity contribution in [3.63, 3.8) is 0 Å². The Morgan fingerprint density at radius 3 is 1.17 bits per heavy atom. The van der Waals surface area contributed by atoms with Gasteiger partial charge in [-0.3, -0.25) is 0 Å². The predicted octanol–water partition coefficient (Wildman–Crippen LogP) is -7.08. The van der Waals surface area contributed by atoms with E-state index in [1.165, 1.54) is 0 Å². The molecule has 0 aliphatic heterocycles. The van der Waals surface area contributed by atoms with Crippen LogP contribution in [0.4, 0.5) is 0 Å². The van der Waals surface area contributed by atoms with Gasteiger partial charge in [0.05, 0.1) is 30.3 Å². The van der Waals surface area contributed by atoms with E-state index < -0.39 is 73.1 Å². The first kappa shape index (κ1) is 18.9. The molecule has 0 heterocycles. The standard InChI is InChI=1S/C12H24N2O9/c13-1-2(5(16)9(20)8(19)4(1)15)14-3-6(17)10(21)12(23)11(22)7(3)18/h1-12,14-23H,13H2/t1-,2-,3?,4+,5+,6-,7+,8+,9+,10+,11+,12?/m1/s1. The van der Waals surface area contributed by atoms with Crippen molar-refractivity contribution < 1.29 is 46.0 Å². The van der Waals surface area contributed by atoms with E-state index >= 15 is 0 Å². The molecule has 0 aromatic heterocycles. The van der Waals surface area contributed by atoms with E-state index in [4.69, 9.17) is 5.73 Å². The largest absolute Gasteiger partial charge is 0.389 e. The molecular weight excluding hydrogens is 316 g/mol. The normalized spacial score (nSPS) is 58.2. The van der Waals surface area contributed by atoms with Crippen molar-refractivity contribution in [3.05, 3.63) is 0 Å². The molecule has 2 saturated carbocycles. The van der Waals surface area contributed by atoms with Crippen LogP contribution in [0.2, 0.25) is 0 Å². The first-order valence-corrected chi connectivity index (χ1v) is 7.23. The number of hydrogen-bond donors (Lipinski definition) is 11. The minimum absolute atomic E-state index is 1.27. The fourth-order valence-electron chi connectivity index (χ4n) is 3.15. The molecule has 23 heavy (non-hydrogen) atoms. The van der Waals surface area contributed by atoms with Gasteiger partial charge in [0.25, 0.3) is 0 Å². The monoisotopic (exact) mass is 340 g/mol. The third-order valence-electron chi connectivity index (χ3n) is 4.75. The second kappa shape index (κ2) is 6.82. The molecule has 0 radical (unpaired) electrons. The molecule has 11 nitrogen and oxygen atoms in total. The third-order valence-corrected chi connectivity index (χ3v) is 4.75. The van der Waals surface area contributed by atoms with E-state index in [1.807, 2.05) is 0 Å². The van der Waals surface area contributed by atoms with Crippen molar-refractivity contribution >= 4 is 0 Å². The zero-order valence-electron chi connectivity index (χ0n) is 12.0. The van der Waals surface area contributed by atoms with Crippen molar-refractivity contribution in [1.82, 2.24) is 5.32 Å². The number of nitrogens with one attached hydrogen (secondary N) is 1. The molecule has 0 amide bonds. The summed E-state index contributed by atoms with van der Waals surface area (Å²) in [5.74, 6) is 0. The first-order valence-electron chi connectivity index (χ1n) is 7.23. The highest BCUT2D eigenvalue weighted by Gasteiger charge is 2.52. The number of aliphatic hydroxyl groups is 9. The number of nitrogens with two attached hydrogens (primary N) is 1. The van der Waals surface area contributed by atoms with Gasteiger partial charge in [-0.15, -0.1) is 0 Å². The van der Waals surface area contributed by atoms with Gasteiger partial charge in [0.1, 0.15) is 42.7 Å². The second-order valence-electron chi connectivity index (χ2n) is 6.21. The Labute approximate surface area is 131 Å². The van der Waals surface area contributed by atoms with E-state index in [-0.39, 0.29) is 0 Å². The third kappa shape index (κ3) is 3.10. The van der Waals surface area contributed by atoms with Crippen LogP contribution in [0.3, 0.4) is 0 Å². The van der Waals surface area contributed by atoms with Gasteiger partial charge in [-0.2, -0.15) is 0 Å². The van der Waals surface area contributed by atoms with Crippen LogP contribution in [0.15, 0.2) is 0 Å². The van der Waals surface area contributed by atoms with Crippen molar-refractivity contribution in [2.75, 3.05) is 0 Å². The molecule has 0 saturated heterocycles. The molecule has 2 unspecified atom stereocenters. The van der Waals surface area contributed by atoms with Gasteiger partial charge in [0, 0.05) is 0 Å². The minimum Gasteiger partial charge on any atom is -0.389 e. The molecule has 2 aliphatic rings. The quantitative estimate of drug-likeness (QED) is 0.227. The maximum absolute atomic E-state index is 9.98. The number of aliphatic hydroxyl groups excluding tert-OH is 9. The lowest BCUT2D eigenvalue weighted by molar-refractivity contribution is -0.199. The summed E-state index contributed by atoms with van der Waals surface area (Å²) >= 11 is 0. The Kier molecular flexibility index (Phi) is 5.60. The fourth-order valence-corrected chi connectivity index (χ4v) is 3.15. The summed E-state index contributed by atoms with van der Waals surface area (Å²) in [6.07, 6.45) is -15.4. The van der Waals surface area contributed by atoms with Crippen LogP contribution in [0.5, 0.6) is 0 Å². The summed E-state index contributed by atoms with van der Waals surface area (Å²) in [7, 11) is 0. The molecule has 12 N–H and O–H groups in total.